The minimum Gasteiger partial charge on any atom is -0.359 e. The molecule has 0 aliphatic carbocycles. The van der Waals surface area contributed by atoms with E-state index in [2.05, 4.69) is 15.8 Å². The summed E-state index contributed by atoms with van der Waals surface area (Å²) >= 11 is 0. The van der Waals surface area contributed by atoms with Crippen LogP contribution >= 0.6 is 0 Å². The summed E-state index contributed by atoms with van der Waals surface area (Å²) in [5, 5.41) is 9.05. The fourth-order valence-corrected chi connectivity index (χ4v) is 2.18. The van der Waals surface area contributed by atoms with Crippen LogP contribution in [0, 0.1) is 6.92 Å². The van der Waals surface area contributed by atoms with Crippen LogP contribution in [0.15, 0.2) is 34.9 Å². The second-order valence-corrected chi connectivity index (χ2v) is 5.56. The third kappa shape index (κ3) is 5.29. The zero-order valence-electron chi connectivity index (χ0n) is 13.3. The number of halogens is 3. The van der Waals surface area contributed by atoms with E-state index in [1.165, 1.54) is 12.1 Å². The lowest BCUT2D eigenvalue weighted by molar-refractivity contribution is -0.137. The van der Waals surface area contributed by atoms with Crippen LogP contribution in [0.25, 0.3) is 0 Å². The van der Waals surface area contributed by atoms with Crippen molar-refractivity contribution in [1.82, 2.24) is 15.8 Å². The van der Waals surface area contributed by atoms with E-state index < -0.39 is 11.7 Å². The van der Waals surface area contributed by atoms with Gasteiger partial charge in [0.2, 0.25) is 0 Å². The summed E-state index contributed by atoms with van der Waals surface area (Å²) in [4.78, 5) is 11.8. The maximum absolute atomic E-state index is 12.5. The Balaban J connectivity index is 1.79. The highest BCUT2D eigenvalue weighted by Crippen LogP contribution is 2.29. The van der Waals surface area contributed by atoms with Crippen LogP contribution in [0.2, 0.25) is 0 Å². The lowest BCUT2D eigenvalue weighted by Crippen LogP contribution is -2.41. The maximum atomic E-state index is 12.5. The molecule has 2 amide bonds. The molecule has 0 bridgehead atoms. The average molecular weight is 341 g/mol. The second kappa shape index (κ2) is 7.37. The van der Waals surface area contributed by atoms with Crippen LogP contribution in [0.4, 0.5) is 18.0 Å². The largest absolute Gasteiger partial charge is 0.416 e. The average Bonchev–Trinajstić information content (AvgIpc) is 2.90. The number of hydrogen-bond donors (Lipinski definition) is 2. The van der Waals surface area contributed by atoms with Gasteiger partial charge in [-0.25, -0.2) is 4.79 Å². The summed E-state index contributed by atoms with van der Waals surface area (Å²) in [6, 6.07) is 5.99. The predicted octanol–water partition coefficient (Wildman–Crippen LogP) is 3.43. The van der Waals surface area contributed by atoms with Crippen molar-refractivity contribution in [2.45, 2.75) is 39.0 Å². The van der Waals surface area contributed by atoms with E-state index in [-0.39, 0.29) is 18.6 Å². The molecule has 1 heterocycles. The highest BCUT2D eigenvalue weighted by molar-refractivity contribution is 5.74. The number of carbonyl (C=O) groups is 1. The van der Waals surface area contributed by atoms with E-state index >= 15 is 0 Å². The number of amides is 2. The smallest absolute Gasteiger partial charge is 0.359 e. The molecule has 1 aromatic carbocycles. The van der Waals surface area contributed by atoms with Gasteiger partial charge in [0, 0.05) is 12.1 Å². The van der Waals surface area contributed by atoms with E-state index in [0.717, 1.165) is 17.8 Å². The van der Waals surface area contributed by atoms with Gasteiger partial charge < -0.3 is 15.2 Å². The zero-order chi connectivity index (χ0) is 17.7. The van der Waals surface area contributed by atoms with Crippen LogP contribution in [-0.4, -0.2) is 17.2 Å². The molecule has 0 aliphatic heterocycles. The topological polar surface area (TPSA) is 67.2 Å². The third-order valence-corrected chi connectivity index (χ3v) is 3.30. The lowest BCUT2D eigenvalue weighted by Gasteiger charge is -2.15. The molecule has 0 saturated heterocycles. The fourth-order valence-electron chi connectivity index (χ4n) is 2.18. The van der Waals surface area contributed by atoms with Gasteiger partial charge in [-0.05, 0) is 38.0 Å². The summed E-state index contributed by atoms with van der Waals surface area (Å²) in [7, 11) is 0. The standard InChI is InChI=1S/C16H18F3N3O2/c1-10(7-12-3-5-13(6-4-12)16(17,18)19)21-15(23)20-9-14-8-11(2)22-24-14/h3-6,8,10H,7,9H2,1-2H3,(H2,20,21,23)/t10-/m0/s1. The number of urea groups is 1. The molecule has 0 unspecified atom stereocenters. The molecular weight excluding hydrogens is 323 g/mol. The Kier molecular flexibility index (Phi) is 5.48. The molecule has 5 nitrogen and oxygen atoms in total. The quantitative estimate of drug-likeness (QED) is 0.875. The number of rotatable bonds is 5. The number of aromatic nitrogens is 1. The Morgan fingerprint density at radius 2 is 1.96 bits per heavy atom. The normalized spacial score (nSPS) is 12.7. The van der Waals surface area contributed by atoms with E-state index in [4.69, 9.17) is 4.52 Å². The van der Waals surface area contributed by atoms with Crippen molar-refractivity contribution in [2.75, 3.05) is 0 Å². The first kappa shape index (κ1) is 17.8. The lowest BCUT2D eigenvalue weighted by atomic mass is 10.1. The van der Waals surface area contributed by atoms with Crippen LogP contribution < -0.4 is 10.6 Å². The summed E-state index contributed by atoms with van der Waals surface area (Å²) in [5.41, 5.74) is 0.747. The Labute approximate surface area is 137 Å². The number of benzene rings is 1. The van der Waals surface area contributed by atoms with Crippen LogP contribution in [-0.2, 0) is 19.1 Å². The molecule has 2 aromatic rings. The molecule has 0 saturated carbocycles. The zero-order valence-corrected chi connectivity index (χ0v) is 13.3. The van der Waals surface area contributed by atoms with E-state index in [0.29, 0.717) is 17.7 Å². The number of alkyl halides is 3. The molecular formula is C16H18F3N3O2. The molecule has 2 rings (SSSR count). The predicted molar refractivity (Wildman–Crippen MR) is 81.2 cm³/mol. The number of aryl methyl sites for hydroxylation is 1. The Bertz CT molecular complexity index is 681. The van der Waals surface area contributed by atoms with E-state index in [1.54, 1.807) is 19.9 Å². The Morgan fingerprint density at radius 1 is 1.29 bits per heavy atom. The molecule has 0 radical (unpaired) electrons. The van der Waals surface area contributed by atoms with Gasteiger partial charge in [-0.15, -0.1) is 0 Å². The van der Waals surface area contributed by atoms with Gasteiger partial charge in [0.15, 0.2) is 5.76 Å². The summed E-state index contributed by atoms with van der Waals surface area (Å²) in [5.74, 6) is 0.540. The van der Waals surface area contributed by atoms with Gasteiger partial charge in [0.25, 0.3) is 0 Å². The van der Waals surface area contributed by atoms with E-state index in [1.807, 2.05) is 0 Å². The number of hydrogen-bond acceptors (Lipinski definition) is 3. The van der Waals surface area contributed by atoms with Crippen molar-refractivity contribution in [1.29, 1.82) is 0 Å². The van der Waals surface area contributed by atoms with Crippen molar-refractivity contribution < 1.29 is 22.5 Å². The summed E-state index contributed by atoms with van der Waals surface area (Å²) in [6.07, 6.45) is -3.92. The van der Waals surface area contributed by atoms with Crippen LogP contribution in [0.5, 0.6) is 0 Å². The first-order valence-corrected chi connectivity index (χ1v) is 7.37. The van der Waals surface area contributed by atoms with Crippen molar-refractivity contribution in [3.8, 4) is 0 Å². The van der Waals surface area contributed by atoms with E-state index in [9.17, 15) is 18.0 Å². The molecule has 8 heteroatoms. The highest BCUT2D eigenvalue weighted by atomic mass is 19.4. The number of nitrogens with zero attached hydrogens (tertiary/aromatic N) is 1. The molecule has 0 fully saturated rings. The summed E-state index contributed by atoms with van der Waals surface area (Å²) < 4.78 is 42.5. The molecule has 0 spiro atoms. The third-order valence-electron chi connectivity index (χ3n) is 3.30. The minimum atomic E-state index is -4.35. The molecule has 1 aromatic heterocycles. The monoisotopic (exact) mass is 341 g/mol. The SMILES string of the molecule is Cc1cc(CNC(=O)N[C@@H](C)Cc2ccc(C(F)(F)F)cc2)on1. The van der Waals surface area contributed by atoms with Crippen molar-refractivity contribution in [3.63, 3.8) is 0 Å². The molecule has 2 N–H and O–H groups in total. The fraction of sp³-hybridized carbons (Fsp3) is 0.375. The molecule has 0 aliphatic rings. The highest BCUT2D eigenvalue weighted by Gasteiger charge is 2.29. The Morgan fingerprint density at radius 3 is 2.50 bits per heavy atom. The molecule has 130 valence electrons. The molecule has 24 heavy (non-hydrogen) atoms. The van der Waals surface area contributed by atoms with Crippen molar-refractivity contribution in [3.05, 3.63) is 52.9 Å². The maximum Gasteiger partial charge on any atom is 0.416 e. The number of carbonyl (C=O) groups excluding carboxylic acids is 1. The first-order chi connectivity index (χ1) is 11.2. The van der Waals surface area contributed by atoms with Gasteiger partial charge in [-0.3, -0.25) is 0 Å². The van der Waals surface area contributed by atoms with Gasteiger partial charge in [-0.2, -0.15) is 13.2 Å². The Hall–Kier alpha value is -2.51. The minimum absolute atomic E-state index is 0.208. The first-order valence-electron chi connectivity index (χ1n) is 7.37. The van der Waals surface area contributed by atoms with Crippen molar-refractivity contribution in [2.24, 2.45) is 0 Å². The van der Waals surface area contributed by atoms with Gasteiger partial charge in [0.05, 0.1) is 17.8 Å². The van der Waals surface area contributed by atoms with Gasteiger partial charge in [-0.1, -0.05) is 17.3 Å². The van der Waals surface area contributed by atoms with Gasteiger partial charge >= 0.3 is 12.2 Å². The summed E-state index contributed by atoms with van der Waals surface area (Å²) in [6.45, 7) is 3.76. The molecule has 1 atom stereocenters. The van der Waals surface area contributed by atoms with Crippen molar-refractivity contribution >= 4 is 6.03 Å². The van der Waals surface area contributed by atoms with Crippen LogP contribution in [0.3, 0.4) is 0 Å². The van der Waals surface area contributed by atoms with Gasteiger partial charge in [0.1, 0.15) is 0 Å². The second-order valence-electron chi connectivity index (χ2n) is 5.56. The van der Waals surface area contributed by atoms with Crippen LogP contribution in [0.1, 0.15) is 29.5 Å². The number of nitrogens with one attached hydrogen (secondary N) is 2.